The minimum Gasteiger partial charge on any atom is -0.114 e. The number of hydrogen-bond acceptors (Lipinski definition) is 0. The molecule has 0 saturated heterocycles. The Morgan fingerprint density at radius 1 is 0.458 bits per heavy atom. The summed E-state index contributed by atoms with van der Waals surface area (Å²) in [4.78, 5) is 0. The van der Waals surface area contributed by atoms with Crippen molar-refractivity contribution in [3.8, 4) is 0 Å². The SMILES string of the molecule is CCCCCCCCCCCCCCCCCCCCCC=CP. The van der Waals surface area contributed by atoms with Gasteiger partial charge in [-0.3, -0.25) is 0 Å². The molecule has 0 aliphatic rings. The Labute approximate surface area is 156 Å². The van der Waals surface area contributed by atoms with Crippen LogP contribution in [-0.4, -0.2) is 0 Å². The maximum atomic E-state index is 2.66. The van der Waals surface area contributed by atoms with Gasteiger partial charge in [0.15, 0.2) is 0 Å². The molecule has 0 radical (unpaired) electrons. The molecule has 0 aromatic rings. The highest BCUT2D eigenvalue weighted by Crippen LogP contribution is 2.14. The highest BCUT2D eigenvalue weighted by Gasteiger charge is 1.95. The molecule has 0 N–H and O–H groups in total. The second-order valence-electron chi connectivity index (χ2n) is 7.58. The molecule has 0 nitrogen and oxygen atoms in total. The molecule has 0 amide bonds. The lowest BCUT2D eigenvalue weighted by molar-refractivity contribution is 0.523. The largest absolute Gasteiger partial charge is 0.114 e. The highest BCUT2D eigenvalue weighted by atomic mass is 31.0. The topological polar surface area (TPSA) is 0 Å². The Morgan fingerprint density at radius 3 is 1.04 bits per heavy atom. The van der Waals surface area contributed by atoms with Gasteiger partial charge in [0.1, 0.15) is 0 Å². The van der Waals surface area contributed by atoms with E-state index in [1.807, 2.05) is 0 Å². The van der Waals surface area contributed by atoms with Crippen molar-refractivity contribution in [2.24, 2.45) is 0 Å². The molecule has 0 saturated carbocycles. The maximum Gasteiger partial charge on any atom is -0.0347 e. The molecule has 1 atom stereocenters. The van der Waals surface area contributed by atoms with E-state index in [1.54, 1.807) is 0 Å². The zero-order valence-corrected chi connectivity index (χ0v) is 18.0. The molecule has 24 heavy (non-hydrogen) atoms. The van der Waals surface area contributed by atoms with Crippen molar-refractivity contribution >= 4 is 9.24 Å². The summed E-state index contributed by atoms with van der Waals surface area (Å²) in [7, 11) is 2.66. The van der Waals surface area contributed by atoms with E-state index in [0.29, 0.717) is 0 Å². The zero-order valence-electron chi connectivity index (χ0n) is 16.9. The van der Waals surface area contributed by atoms with Crippen molar-refractivity contribution in [3.05, 3.63) is 11.9 Å². The van der Waals surface area contributed by atoms with Crippen LogP contribution in [0.3, 0.4) is 0 Å². The fourth-order valence-corrected chi connectivity index (χ4v) is 3.63. The Balaban J connectivity index is 2.95. The number of rotatable bonds is 20. The van der Waals surface area contributed by atoms with Crippen molar-refractivity contribution in [3.63, 3.8) is 0 Å². The number of hydrogen-bond donors (Lipinski definition) is 0. The van der Waals surface area contributed by atoms with Crippen LogP contribution in [0.15, 0.2) is 11.9 Å². The second-order valence-corrected chi connectivity index (χ2v) is 7.97. The van der Waals surface area contributed by atoms with Gasteiger partial charge in [0, 0.05) is 0 Å². The smallest absolute Gasteiger partial charge is 0.0347 e. The van der Waals surface area contributed by atoms with Gasteiger partial charge in [-0.25, -0.2) is 0 Å². The maximum absolute atomic E-state index is 2.66. The van der Waals surface area contributed by atoms with Crippen LogP contribution < -0.4 is 0 Å². The summed E-state index contributed by atoms with van der Waals surface area (Å²) < 4.78 is 0. The predicted octanol–water partition coefficient (Wildman–Crippen LogP) is 9.20. The van der Waals surface area contributed by atoms with Crippen LogP contribution in [0.25, 0.3) is 0 Å². The average molecular weight is 355 g/mol. The molecule has 0 aliphatic carbocycles. The van der Waals surface area contributed by atoms with Gasteiger partial charge in [-0.2, -0.15) is 0 Å². The lowest BCUT2D eigenvalue weighted by Crippen LogP contribution is -1.84. The third-order valence-corrected chi connectivity index (χ3v) is 5.38. The van der Waals surface area contributed by atoms with Gasteiger partial charge in [-0.15, -0.1) is 9.24 Å². The van der Waals surface area contributed by atoms with Crippen molar-refractivity contribution in [2.75, 3.05) is 0 Å². The lowest BCUT2D eigenvalue weighted by Gasteiger charge is -2.03. The van der Waals surface area contributed by atoms with E-state index in [9.17, 15) is 0 Å². The van der Waals surface area contributed by atoms with Crippen molar-refractivity contribution < 1.29 is 0 Å². The lowest BCUT2D eigenvalue weighted by atomic mass is 10.0. The van der Waals surface area contributed by atoms with Gasteiger partial charge in [-0.05, 0) is 12.8 Å². The van der Waals surface area contributed by atoms with Crippen molar-refractivity contribution in [1.29, 1.82) is 0 Å². The first-order valence-corrected chi connectivity index (χ1v) is 11.9. The van der Waals surface area contributed by atoms with E-state index in [1.165, 1.54) is 128 Å². The minimum absolute atomic E-state index is 1.27. The van der Waals surface area contributed by atoms with Gasteiger partial charge in [0.25, 0.3) is 0 Å². The van der Waals surface area contributed by atoms with E-state index in [0.717, 1.165) is 0 Å². The third kappa shape index (κ3) is 22.2. The number of unbranched alkanes of at least 4 members (excludes halogenated alkanes) is 19. The summed E-state index contributed by atoms with van der Waals surface area (Å²) in [6.07, 6.45) is 31.3. The summed E-state index contributed by atoms with van der Waals surface area (Å²) >= 11 is 0. The van der Waals surface area contributed by atoms with Gasteiger partial charge in [-0.1, -0.05) is 134 Å². The highest BCUT2D eigenvalue weighted by molar-refractivity contribution is 7.20. The van der Waals surface area contributed by atoms with E-state index in [2.05, 4.69) is 28.1 Å². The van der Waals surface area contributed by atoms with Crippen LogP contribution in [0.2, 0.25) is 0 Å². The fourth-order valence-electron chi connectivity index (χ4n) is 3.44. The van der Waals surface area contributed by atoms with E-state index < -0.39 is 0 Å². The van der Waals surface area contributed by atoms with Crippen LogP contribution >= 0.6 is 9.24 Å². The fraction of sp³-hybridized carbons (Fsp3) is 0.913. The second kappa shape index (κ2) is 23.2. The molecule has 144 valence electrons. The first-order chi connectivity index (χ1) is 11.9. The van der Waals surface area contributed by atoms with Crippen LogP contribution in [0.1, 0.15) is 135 Å². The van der Waals surface area contributed by atoms with Crippen molar-refractivity contribution in [2.45, 2.75) is 135 Å². The molecule has 0 heterocycles. The normalized spacial score (nSPS) is 11.6. The molecule has 0 spiro atoms. The summed E-state index contributed by atoms with van der Waals surface area (Å²) in [5.41, 5.74) is 0. The average Bonchev–Trinajstić information content (AvgIpc) is 2.60. The summed E-state index contributed by atoms with van der Waals surface area (Å²) in [6, 6.07) is 0. The summed E-state index contributed by atoms with van der Waals surface area (Å²) in [5.74, 6) is 2.09. The summed E-state index contributed by atoms with van der Waals surface area (Å²) in [6.45, 7) is 2.30. The molecule has 0 aromatic carbocycles. The molecule has 0 aliphatic heterocycles. The molecule has 0 fully saturated rings. The Bertz CT molecular complexity index is 234. The van der Waals surface area contributed by atoms with Gasteiger partial charge in [0.05, 0.1) is 0 Å². The van der Waals surface area contributed by atoms with E-state index in [4.69, 9.17) is 0 Å². The predicted molar refractivity (Wildman–Crippen MR) is 117 cm³/mol. The Hall–Kier alpha value is 0.170. The van der Waals surface area contributed by atoms with Gasteiger partial charge in [0.2, 0.25) is 0 Å². The van der Waals surface area contributed by atoms with Crippen LogP contribution in [-0.2, 0) is 0 Å². The molecule has 0 bridgehead atoms. The van der Waals surface area contributed by atoms with Crippen molar-refractivity contribution in [1.82, 2.24) is 0 Å². The van der Waals surface area contributed by atoms with E-state index in [-0.39, 0.29) is 0 Å². The number of allylic oxidation sites excluding steroid dienone is 1. The molecule has 0 rings (SSSR count). The third-order valence-electron chi connectivity index (χ3n) is 5.11. The molecule has 0 aromatic heterocycles. The monoisotopic (exact) mass is 354 g/mol. The quantitative estimate of drug-likeness (QED) is 0.151. The summed E-state index contributed by atoms with van der Waals surface area (Å²) in [5, 5.41) is 0. The standard InChI is InChI=1S/C23H47P/c1-2-3-4-5-6-7-8-9-10-11-12-13-14-15-16-17-18-19-20-21-22-23-24/h22-23H,2-21,24H2,1H3. The molecular weight excluding hydrogens is 307 g/mol. The Morgan fingerprint density at radius 2 is 0.750 bits per heavy atom. The molecule has 1 unspecified atom stereocenters. The van der Waals surface area contributed by atoms with E-state index >= 15 is 0 Å². The van der Waals surface area contributed by atoms with Gasteiger partial charge >= 0.3 is 0 Å². The first kappa shape index (κ1) is 24.2. The van der Waals surface area contributed by atoms with Gasteiger partial charge < -0.3 is 0 Å². The minimum atomic E-state index is 1.27. The zero-order chi connectivity index (χ0) is 17.6. The van der Waals surface area contributed by atoms with Crippen LogP contribution in [0, 0.1) is 0 Å². The first-order valence-electron chi connectivity index (χ1n) is 11.3. The van der Waals surface area contributed by atoms with Crippen LogP contribution in [0.5, 0.6) is 0 Å². The molecule has 1 heteroatoms. The van der Waals surface area contributed by atoms with Crippen LogP contribution in [0.4, 0.5) is 0 Å². The molecular formula is C23H47P. The Kier molecular flexibility index (Phi) is 23.3.